The average molecular weight is 440 g/mol. The first-order valence-corrected chi connectivity index (χ1v) is 10.4. The molecule has 1 N–H and O–H groups in total. The van der Waals surface area contributed by atoms with Crippen LogP contribution in [0.15, 0.2) is 53.5 Å². The van der Waals surface area contributed by atoms with Crippen molar-refractivity contribution < 1.29 is 28.7 Å². The minimum Gasteiger partial charge on any atom is -0.468 e. The van der Waals surface area contributed by atoms with Gasteiger partial charge in [0.1, 0.15) is 0 Å². The number of rotatable bonds is 6. The molecule has 0 radical (unpaired) electrons. The fourth-order valence-corrected chi connectivity index (χ4v) is 3.86. The Balaban J connectivity index is 1.76. The maximum absolute atomic E-state index is 12.8. The lowest BCUT2D eigenvalue weighted by atomic mass is 9.94. The summed E-state index contributed by atoms with van der Waals surface area (Å²) in [6, 6.07) is 13.2. The molecule has 2 aromatic rings. The summed E-state index contributed by atoms with van der Waals surface area (Å²) in [5.74, 6) is -3.48. The number of ether oxygens (including phenoxy) is 2. The van der Waals surface area contributed by atoms with Gasteiger partial charge in [0.25, 0.3) is 0 Å². The molecule has 160 valence electrons. The number of para-hydroxylation sites is 2. The van der Waals surface area contributed by atoms with Crippen molar-refractivity contribution in [2.45, 2.75) is 6.92 Å². The average Bonchev–Trinajstić information content (AvgIpc) is 2.78. The number of anilines is 1. The number of amides is 1. The van der Waals surface area contributed by atoms with E-state index in [1.165, 1.54) is 7.11 Å². The van der Waals surface area contributed by atoms with Crippen LogP contribution in [-0.2, 0) is 19.1 Å². The molecule has 0 spiro atoms. The molecule has 1 aliphatic rings. The van der Waals surface area contributed by atoms with Crippen molar-refractivity contribution in [3.05, 3.63) is 59.7 Å². The van der Waals surface area contributed by atoms with Crippen molar-refractivity contribution in [3.8, 4) is 0 Å². The number of nitrogens with zero attached hydrogens (tertiary/aromatic N) is 1. The molecule has 0 saturated heterocycles. The predicted molar refractivity (Wildman–Crippen MR) is 117 cm³/mol. The number of Topliss-reactive ketones (excluding diaryl/α,β-unsaturated/α-hetero) is 1. The number of methoxy groups -OCH3 is 1. The Bertz CT molecular complexity index is 1070. The highest BCUT2D eigenvalue weighted by molar-refractivity contribution is 8.14. The molecule has 1 aliphatic heterocycles. The summed E-state index contributed by atoms with van der Waals surface area (Å²) in [5, 5.41) is 2.85. The molecule has 31 heavy (non-hydrogen) atoms. The molecule has 0 aliphatic carbocycles. The van der Waals surface area contributed by atoms with Gasteiger partial charge in [-0.25, -0.2) is 9.79 Å². The maximum atomic E-state index is 12.8. The van der Waals surface area contributed by atoms with Gasteiger partial charge in [0.15, 0.2) is 11.7 Å². The molecule has 3 rings (SSSR count). The van der Waals surface area contributed by atoms with E-state index in [1.54, 1.807) is 55.5 Å². The molecule has 0 saturated carbocycles. The van der Waals surface area contributed by atoms with Gasteiger partial charge in [0.05, 0.1) is 41.5 Å². The fraction of sp³-hybridized carbons (Fsp3) is 0.227. The topological polar surface area (TPSA) is 111 Å². The number of hydrogen-bond acceptors (Lipinski definition) is 8. The van der Waals surface area contributed by atoms with Gasteiger partial charge in [-0.2, -0.15) is 0 Å². The van der Waals surface area contributed by atoms with Crippen molar-refractivity contribution in [1.29, 1.82) is 0 Å². The monoisotopic (exact) mass is 440 g/mol. The van der Waals surface area contributed by atoms with Crippen molar-refractivity contribution in [2.75, 3.05) is 24.8 Å². The highest BCUT2D eigenvalue weighted by Crippen LogP contribution is 2.33. The van der Waals surface area contributed by atoms with Gasteiger partial charge in [-0.15, -0.1) is 0 Å². The van der Waals surface area contributed by atoms with E-state index in [4.69, 9.17) is 9.47 Å². The van der Waals surface area contributed by atoms with Crippen molar-refractivity contribution in [2.24, 2.45) is 10.9 Å². The maximum Gasteiger partial charge on any atom is 0.340 e. The Hall–Kier alpha value is -3.46. The Morgan fingerprint density at radius 2 is 1.81 bits per heavy atom. The van der Waals surface area contributed by atoms with E-state index in [2.05, 4.69) is 10.3 Å². The zero-order chi connectivity index (χ0) is 22.4. The molecule has 1 unspecified atom stereocenters. The first kappa shape index (κ1) is 22.2. The van der Waals surface area contributed by atoms with Gasteiger partial charge in [0.2, 0.25) is 5.91 Å². The lowest BCUT2D eigenvalue weighted by Gasteiger charge is -2.21. The lowest BCUT2D eigenvalue weighted by Crippen LogP contribution is -2.34. The Morgan fingerprint density at radius 3 is 2.55 bits per heavy atom. The van der Waals surface area contributed by atoms with Crippen LogP contribution in [0.25, 0.3) is 0 Å². The summed E-state index contributed by atoms with van der Waals surface area (Å²) in [5.41, 5.74) is 1.30. The van der Waals surface area contributed by atoms with Crippen molar-refractivity contribution in [3.63, 3.8) is 0 Å². The highest BCUT2D eigenvalue weighted by Gasteiger charge is 2.38. The van der Waals surface area contributed by atoms with Crippen LogP contribution in [0.2, 0.25) is 0 Å². The zero-order valence-electron chi connectivity index (χ0n) is 16.9. The molecule has 1 heterocycles. The summed E-state index contributed by atoms with van der Waals surface area (Å²) in [6.07, 6.45) is 0. The van der Waals surface area contributed by atoms with Crippen LogP contribution in [0.1, 0.15) is 27.6 Å². The Morgan fingerprint density at radius 1 is 1.10 bits per heavy atom. The summed E-state index contributed by atoms with van der Waals surface area (Å²) in [7, 11) is 1.19. The number of carbonyl (C=O) groups is 4. The van der Waals surface area contributed by atoms with Gasteiger partial charge in [-0.05, 0) is 31.2 Å². The fourth-order valence-electron chi connectivity index (χ4n) is 2.98. The van der Waals surface area contributed by atoms with Gasteiger partial charge >= 0.3 is 11.9 Å². The molecule has 0 aromatic heterocycles. The third-order valence-corrected chi connectivity index (χ3v) is 5.42. The van der Waals surface area contributed by atoms with E-state index in [9.17, 15) is 19.2 Å². The summed E-state index contributed by atoms with van der Waals surface area (Å²) in [4.78, 5) is 54.0. The zero-order valence-corrected chi connectivity index (χ0v) is 17.7. The number of fused-ring (bicyclic) bond motifs is 1. The van der Waals surface area contributed by atoms with Crippen molar-refractivity contribution in [1.82, 2.24) is 0 Å². The number of benzene rings is 2. The molecule has 0 bridgehead atoms. The smallest absolute Gasteiger partial charge is 0.340 e. The second-order valence-corrected chi connectivity index (χ2v) is 7.39. The molecule has 1 atom stereocenters. The van der Waals surface area contributed by atoms with E-state index in [0.29, 0.717) is 16.9 Å². The molecule has 8 nitrogen and oxygen atoms in total. The van der Waals surface area contributed by atoms with Crippen molar-refractivity contribution >= 4 is 51.8 Å². The first-order chi connectivity index (χ1) is 15.0. The number of aliphatic imine (C=N–C) groups is 1. The summed E-state index contributed by atoms with van der Waals surface area (Å²) in [6.45, 7) is 1.90. The van der Waals surface area contributed by atoms with Crippen LogP contribution >= 0.6 is 11.8 Å². The largest absolute Gasteiger partial charge is 0.468 e. The van der Waals surface area contributed by atoms with E-state index in [0.717, 1.165) is 11.8 Å². The summed E-state index contributed by atoms with van der Waals surface area (Å²) < 4.78 is 9.77. The molecule has 2 aromatic carbocycles. The second kappa shape index (κ2) is 10.0. The molecular formula is C22H20N2O6S. The SMILES string of the molecule is CCOC(=O)c1ccccc1NC(=O)CSC1=Nc2ccccc2C(=O)C1C(=O)OC. The van der Waals surface area contributed by atoms with Gasteiger partial charge in [0, 0.05) is 5.56 Å². The van der Waals surface area contributed by atoms with Crippen LogP contribution < -0.4 is 5.32 Å². The number of carbonyl (C=O) groups excluding carboxylic acids is 4. The minimum absolute atomic E-state index is 0.126. The number of ketones is 1. The van der Waals surface area contributed by atoms with E-state index in [1.807, 2.05) is 0 Å². The van der Waals surface area contributed by atoms with Gasteiger partial charge < -0.3 is 14.8 Å². The van der Waals surface area contributed by atoms with Crippen LogP contribution in [-0.4, -0.2) is 48.1 Å². The highest BCUT2D eigenvalue weighted by atomic mass is 32.2. The predicted octanol–water partition coefficient (Wildman–Crippen LogP) is 3.25. The number of hydrogen-bond donors (Lipinski definition) is 1. The molecular weight excluding hydrogens is 420 g/mol. The van der Waals surface area contributed by atoms with Gasteiger partial charge in [-0.1, -0.05) is 36.0 Å². The summed E-state index contributed by atoms with van der Waals surface area (Å²) >= 11 is 0.968. The lowest BCUT2D eigenvalue weighted by molar-refractivity contribution is -0.141. The van der Waals surface area contributed by atoms with Crippen LogP contribution in [0.4, 0.5) is 11.4 Å². The van der Waals surface area contributed by atoms with Crippen LogP contribution in [0.5, 0.6) is 0 Å². The van der Waals surface area contributed by atoms with E-state index >= 15 is 0 Å². The van der Waals surface area contributed by atoms with E-state index in [-0.39, 0.29) is 23.0 Å². The standard InChI is InChI=1S/C22H20N2O6S/c1-3-30-21(27)14-9-5-7-11-16(14)23-17(25)12-31-20-18(22(28)29-2)19(26)13-8-4-6-10-15(13)24-20/h4-11,18H,3,12H2,1-2H3,(H,23,25). The Kier molecular flexibility index (Phi) is 7.19. The van der Waals surface area contributed by atoms with E-state index < -0.39 is 29.5 Å². The quantitative estimate of drug-likeness (QED) is 0.542. The number of thioether (sulfide) groups is 1. The van der Waals surface area contributed by atoms with Gasteiger partial charge in [-0.3, -0.25) is 14.4 Å². The van der Waals surface area contributed by atoms with Crippen LogP contribution in [0.3, 0.4) is 0 Å². The Labute approximate surface area is 183 Å². The minimum atomic E-state index is -1.22. The number of nitrogens with one attached hydrogen (secondary N) is 1. The first-order valence-electron chi connectivity index (χ1n) is 9.44. The van der Waals surface area contributed by atoms with Crippen LogP contribution in [0, 0.1) is 5.92 Å². The molecule has 9 heteroatoms. The third-order valence-electron chi connectivity index (χ3n) is 4.39. The number of esters is 2. The molecule has 1 amide bonds. The molecule has 0 fully saturated rings. The normalized spacial score (nSPS) is 14.8. The second-order valence-electron chi connectivity index (χ2n) is 6.39. The third kappa shape index (κ3) is 5.00.